The van der Waals surface area contributed by atoms with Gasteiger partial charge in [-0.3, -0.25) is 9.97 Å². The van der Waals surface area contributed by atoms with Gasteiger partial charge in [0.25, 0.3) is 0 Å². The van der Waals surface area contributed by atoms with Crippen LogP contribution in [0.5, 0.6) is 0 Å². The molecule has 8 heteroatoms. The van der Waals surface area contributed by atoms with Gasteiger partial charge in [-0.15, -0.1) is 5.10 Å². The van der Waals surface area contributed by atoms with E-state index in [9.17, 15) is 4.39 Å². The van der Waals surface area contributed by atoms with Gasteiger partial charge in [-0.2, -0.15) is 0 Å². The molecule has 146 valence electrons. The van der Waals surface area contributed by atoms with Crippen molar-refractivity contribution in [1.82, 2.24) is 25.0 Å². The summed E-state index contributed by atoms with van der Waals surface area (Å²) in [6, 6.07) is 14.0. The molecule has 0 bridgehead atoms. The van der Waals surface area contributed by atoms with Crippen molar-refractivity contribution in [3.63, 3.8) is 0 Å². The Balaban J connectivity index is 1.81. The molecular formula is C21H20FN7. The number of rotatable bonds is 5. The van der Waals surface area contributed by atoms with Crippen LogP contribution in [-0.2, 0) is 7.05 Å². The zero-order valence-electron chi connectivity index (χ0n) is 16.0. The Kier molecular flexibility index (Phi) is 4.90. The molecule has 4 aromatic rings. The average Bonchev–Trinajstić information content (AvgIpc) is 3.08. The minimum atomic E-state index is -0.522. The molecule has 0 spiro atoms. The number of aryl methyl sites for hydroxylation is 2. The van der Waals surface area contributed by atoms with Crippen molar-refractivity contribution >= 4 is 11.4 Å². The summed E-state index contributed by atoms with van der Waals surface area (Å²) in [7, 11) is 1.77. The summed E-state index contributed by atoms with van der Waals surface area (Å²) in [5.41, 5.74) is 10.1. The first kappa shape index (κ1) is 18.5. The second-order valence-electron chi connectivity index (χ2n) is 6.65. The molecule has 0 saturated heterocycles. The van der Waals surface area contributed by atoms with E-state index in [1.165, 1.54) is 6.07 Å². The third kappa shape index (κ3) is 3.64. The lowest BCUT2D eigenvalue weighted by atomic mass is 10.0. The van der Waals surface area contributed by atoms with E-state index in [4.69, 9.17) is 5.73 Å². The summed E-state index contributed by atoms with van der Waals surface area (Å²) >= 11 is 0. The van der Waals surface area contributed by atoms with Gasteiger partial charge in [-0.25, -0.2) is 9.07 Å². The first-order valence-electron chi connectivity index (χ1n) is 9.08. The topological polar surface area (TPSA) is 94.5 Å². The number of nitrogens with two attached hydrogens (primary N) is 1. The zero-order valence-corrected chi connectivity index (χ0v) is 16.0. The Hall–Kier alpha value is -3.81. The van der Waals surface area contributed by atoms with Crippen molar-refractivity contribution in [3.8, 4) is 11.3 Å². The largest absolute Gasteiger partial charge is 0.395 e. The third-order valence-corrected chi connectivity index (χ3v) is 4.67. The van der Waals surface area contributed by atoms with E-state index in [0.29, 0.717) is 16.9 Å². The van der Waals surface area contributed by atoms with Crippen LogP contribution < -0.4 is 11.1 Å². The Bertz CT molecular complexity index is 1070. The SMILES string of the molecule is Cc1nnn(C)c1-c1cc(F)c(N)c(NC(c2ccccn2)c2ccccn2)c1. The number of anilines is 2. The predicted molar refractivity (Wildman–Crippen MR) is 109 cm³/mol. The number of benzene rings is 1. The lowest BCUT2D eigenvalue weighted by Gasteiger charge is -2.21. The van der Waals surface area contributed by atoms with Gasteiger partial charge in [0, 0.05) is 25.0 Å². The molecule has 0 aliphatic rings. The highest BCUT2D eigenvalue weighted by atomic mass is 19.1. The van der Waals surface area contributed by atoms with Gasteiger partial charge in [-0.05, 0) is 43.3 Å². The first-order valence-corrected chi connectivity index (χ1v) is 9.08. The van der Waals surface area contributed by atoms with Gasteiger partial charge in [0.15, 0.2) is 0 Å². The maximum atomic E-state index is 14.7. The molecule has 0 radical (unpaired) electrons. The molecular weight excluding hydrogens is 369 g/mol. The fraction of sp³-hybridized carbons (Fsp3) is 0.143. The second-order valence-corrected chi connectivity index (χ2v) is 6.65. The second kappa shape index (κ2) is 7.67. The van der Waals surface area contributed by atoms with Crippen LogP contribution in [0.15, 0.2) is 60.9 Å². The molecule has 1 aromatic carbocycles. The molecule has 3 aromatic heterocycles. The Labute approximate surface area is 167 Å². The highest BCUT2D eigenvalue weighted by Gasteiger charge is 2.20. The predicted octanol–water partition coefficient (Wildman–Crippen LogP) is 3.50. The quantitative estimate of drug-likeness (QED) is 0.507. The van der Waals surface area contributed by atoms with E-state index in [1.54, 1.807) is 30.2 Å². The Morgan fingerprint density at radius 3 is 2.21 bits per heavy atom. The monoisotopic (exact) mass is 389 g/mol. The Morgan fingerprint density at radius 2 is 1.69 bits per heavy atom. The van der Waals surface area contributed by atoms with E-state index < -0.39 is 11.9 Å². The summed E-state index contributed by atoms with van der Waals surface area (Å²) in [5, 5.41) is 11.4. The number of nitrogens with zero attached hydrogens (tertiary/aromatic N) is 5. The van der Waals surface area contributed by atoms with Crippen molar-refractivity contribution in [2.75, 3.05) is 11.1 Å². The number of aromatic nitrogens is 5. The lowest BCUT2D eigenvalue weighted by molar-refractivity contribution is 0.632. The number of nitrogens with one attached hydrogen (secondary N) is 1. The molecule has 0 aliphatic carbocycles. The molecule has 0 fully saturated rings. The molecule has 0 aliphatic heterocycles. The van der Waals surface area contributed by atoms with E-state index in [0.717, 1.165) is 17.1 Å². The molecule has 29 heavy (non-hydrogen) atoms. The minimum Gasteiger partial charge on any atom is -0.395 e. The number of hydrogen-bond acceptors (Lipinski definition) is 6. The molecule has 3 N–H and O–H groups in total. The van der Waals surface area contributed by atoms with Crippen LogP contribution in [0.4, 0.5) is 15.8 Å². The van der Waals surface area contributed by atoms with Crippen LogP contribution in [0.2, 0.25) is 0 Å². The summed E-state index contributed by atoms with van der Waals surface area (Å²) < 4.78 is 16.3. The van der Waals surface area contributed by atoms with E-state index in [1.807, 2.05) is 43.3 Å². The van der Waals surface area contributed by atoms with Crippen molar-refractivity contribution < 1.29 is 4.39 Å². The van der Waals surface area contributed by atoms with Crippen molar-refractivity contribution in [3.05, 3.63) is 83.8 Å². The van der Waals surface area contributed by atoms with Crippen LogP contribution in [0.3, 0.4) is 0 Å². The molecule has 0 saturated carbocycles. The van der Waals surface area contributed by atoms with Crippen LogP contribution >= 0.6 is 0 Å². The molecule has 3 heterocycles. The fourth-order valence-corrected chi connectivity index (χ4v) is 3.28. The average molecular weight is 389 g/mol. The molecule has 0 unspecified atom stereocenters. The van der Waals surface area contributed by atoms with Crippen molar-refractivity contribution in [2.45, 2.75) is 13.0 Å². The zero-order chi connectivity index (χ0) is 20.4. The van der Waals surface area contributed by atoms with Crippen molar-refractivity contribution in [1.29, 1.82) is 0 Å². The smallest absolute Gasteiger partial charge is 0.148 e. The summed E-state index contributed by atoms with van der Waals surface area (Å²) in [6.07, 6.45) is 3.41. The third-order valence-electron chi connectivity index (χ3n) is 4.67. The van der Waals surface area contributed by atoms with Gasteiger partial charge < -0.3 is 11.1 Å². The highest BCUT2D eigenvalue weighted by Crippen LogP contribution is 2.34. The van der Waals surface area contributed by atoms with Gasteiger partial charge in [0.2, 0.25) is 0 Å². The summed E-state index contributed by atoms with van der Waals surface area (Å²) in [4.78, 5) is 8.89. The first-order chi connectivity index (χ1) is 14.0. The van der Waals surface area contributed by atoms with Crippen LogP contribution in [0.1, 0.15) is 23.1 Å². The minimum absolute atomic E-state index is 0.0263. The summed E-state index contributed by atoms with van der Waals surface area (Å²) in [5.74, 6) is -0.522. The van der Waals surface area contributed by atoms with Crippen LogP contribution in [0, 0.1) is 12.7 Å². The number of halogens is 1. The number of nitrogen functional groups attached to an aromatic ring is 1. The molecule has 4 rings (SSSR count). The van der Waals surface area contributed by atoms with Crippen molar-refractivity contribution in [2.24, 2.45) is 7.05 Å². The van der Waals surface area contributed by atoms with E-state index >= 15 is 0 Å². The molecule has 0 atom stereocenters. The maximum Gasteiger partial charge on any atom is 0.148 e. The Morgan fingerprint density at radius 1 is 1.03 bits per heavy atom. The van der Waals surface area contributed by atoms with E-state index in [-0.39, 0.29) is 5.69 Å². The highest BCUT2D eigenvalue weighted by molar-refractivity contribution is 5.76. The van der Waals surface area contributed by atoms with Crippen LogP contribution in [0.25, 0.3) is 11.3 Å². The number of pyridine rings is 2. The molecule has 0 amide bonds. The van der Waals surface area contributed by atoms with Gasteiger partial charge in [0.05, 0.1) is 34.2 Å². The standard InChI is InChI=1S/C21H20FN7/c1-13-21(29(2)28-27-13)14-11-15(22)19(23)18(12-14)26-20(16-7-3-5-9-24-16)17-8-4-6-10-25-17/h3-12,20,26H,23H2,1-2H3. The maximum absolute atomic E-state index is 14.7. The lowest BCUT2D eigenvalue weighted by Crippen LogP contribution is -2.16. The summed E-state index contributed by atoms with van der Waals surface area (Å²) in [6.45, 7) is 1.83. The van der Waals surface area contributed by atoms with E-state index in [2.05, 4.69) is 25.6 Å². The normalized spacial score (nSPS) is 11.0. The van der Waals surface area contributed by atoms with Gasteiger partial charge in [-0.1, -0.05) is 17.3 Å². The molecule has 7 nitrogen and oxygen atoms in total. The number of hydrogen-bond donors (Lipinski definition) is 2. The van der Waals surface area contributed by atoms with Gasteiger partial charge >= 0.3 is 0 Å². The fourth-order valence-electron chi connectivity index (χ4n) is 3.28. The van der Waals surface area contributed by atoms with Gasteiger partial charge in [0.1, 0.15) is 11.9 Å². The van der Waals surface area contributed by atoms with Crippen LogP contribution in [-0.4, -0.2) is 25.0 Å².